The molecule has 2 fully saturated rings. The molecule has 1 saturated heterocycles. The van der Waals surface area contributed by atoms with Crippen molar-refractivity contribution in [1.82, 2.24) is 13.9 Å². The second-order valence-corrected chi connectivity index (χ2v) is 9.07. The van der Waals surface area contributed by atoms with E-state index < -0.39 is 10.2 Å². The van der Waals surface area contributed by atoms with E-state index in [0.29, 0.717) is 31.0 Å². The first-order valence-electron chi connectivity index (χ1n) is 8.25. The molecule has 1 N–H and O–H groups in total. The van der Waals surface area contributed by atoms with Crippen LogP contribution in [0.2, 0.25) is 0 Å². The van der Waals surface area contributed by atoms with E-state index >= 15 is 0 Å². The molecule has 0 aromatic heterocycles. The summed E-state index contributed by atoms with van der Waals surface area (Å²) in [7, 11) is 0.450. The third-order valence-corrected chi connectivity index (χ3v) is 7.12. The maximum absolute atomic E-state index is 12.9. The Morgan fingerprint density at radius 2 is 1.57 bits per heavy atom. The highest BCUT2D eigenvalue weighted by Gasteiger charge is 2.37. The molecule has 21 heavy (non-hydrogen) atoms. The van der Waals surface area contributed by atoms with Gasteiger partial charge in [0.05, 0.1) is 0 Å². The van der Waals surface area contributed by atoms with Crippen molar-refractivity contribution in [2.24, 2.45) is 11.8 Å². The van der Waals surface area contributed by atoms with Crippen LogP contribution in [0.5, 0.6) is 0 Å². The maximum atomic E-state index is 12.9. The third-order valence-electron chi connectivity index (χ3n) is 5.14. The van der Waals surface area contributed by atoms with E-state index in [2.05, 4.69) is 19.2 Å². The number of hydrogen-bond acceptors (Lipinski definition) is 3. The van der Waals surface area contributed by atoms with Gasteiger partial charge in [-0.05, 0) is 51.0 Å². The van der Waals surface area contributed by atoms with Crippen LogP contribution >= 0.6 is 0 Å². The number of rotatable bonds is 4. The van der Waals surface area contributed by atoms with Gasteiger partial charge in [-0.15, -0.1) is 0 Å². The summed E-state index contributed by atoms with van der Waals surface area (Å²) in [6, 6.07) is 0.708. The van der Waals surface area contributed by atoms with E-state index in [4.69, 9.17) is 0 Å². The topological polar surface area (TPSA) is 52.7 Å². The van der Waals surface area contributed by atoms with Crippen LogP contribution in [-0.4, -0.2) is 56.3 Å². The zero-order valence-corrected chi connectivity index (χ0v) is 14.7. The Hall–Kier alpha value is -0.170. The molecule has 0 aromatic rings. The summed E-state index contributed by atoms with van der Waals surface area (Å²) in [4.78, 5) is 0. The SMILES string of the molecule is CNC1CCC(N(C)S(=O)(=O)N2CC(C)CC(C)C2)CC1. The van der Waals surface area contributed by atoms with Crippen LogP contribution in [0, 0.1) is 11.8 Å². The molecule has 0 radical (unpaired) electrons. The Labute approximate surface area is 130 Å². The van der Waals surface area contributed by atoms with E-state index in [9.17, 15) is 8.42 Å². The first-order chi connectivity index (χ1) is 9.84. The standard InChI is InChI=1S/C15H31N3O2S/c1-12-9-13(2)11-18(10-12)21(19,20)17(4)15-7-5-14(16-3)6-8-15/h12-16H,5-11H2,1-4H3. The lowest BCUT2D eigenvalue weighted by molar-refractivity contribution is 0.193. The van der Waals surface area contributed by atoms with Gasteiger partial charge in [-0.3, -0.25) is 0 Å². The molecule has 1 aliphatic carbocycles. The lowest BCUT2D eigenvalue weighted by Crippen LogP contribution is -2.52. The Bertz CT molecular complexity index is 422. The van der Waals surface area contributed by atoms with Gasteiger partial charge in [-0.1, -0.05) is 13.8 Å². The first-order valence-corrected chi connectivity index (χ1v) is 9.64. The van der Waals surface area contributed by atoms with E-state index in [1.165, 1.54) is 0 Å². The summed E-state index contributed by atoms with van der Waals surface area (Å²) in [6.45, 7) is 5.64. The minimum absolute atomic E-state index is 0.159. The highest BCUT2D eigenvalue weighted by Crippen LogP contribution is 2.28. The molecule has 2 atom stereocenters. The predicted molar refractivity (Wildman–Crippen MR) is 86.3 cm³/mol. The van der Waals surface area contributed by atoms with Crippen molar-refractivity contribution in [3.05, 3.63) is 0 Å². The van der Waals surface area contributed by atoms with Crippen molar-refractivity contribution in [3.63, 3.8) is 0 Å². The van der Waals surface area contributed by atoms with Gasteiger partial charge in [0, 0.05) is 32.2 Å². The monoisotopic (exact) mass is 317 g/mol. The zero-order valence-electron chi connectivity index (χ0n) is 13.9. The molecule has 0 amide bonds. The average molecular weight is 317 g/mol. The van der Waals surface area contributed by atoms with Gasteiger partial charge in [-0.25, -0.2) is 0 Å². The molecule has 124 valence electrons. The lowest BCUT2D eigenvalue weighted by atomic mass is 9.91. The summed E-state index contributed by atoms with van der Waals surface area (Å²) in [6.07, 6.45) is 5.17. The van der Waals surface area contributed by atoms with Crippen LogP contribution in [0.4, 0.5) is 0 Å². The number of nitrogens with one attached hydrogen (secondary N) is 1. The molecular weight excluding hydrogens is 286 g/mol. The molecule has 1 aliphatic heterocycles. The summed E-state index contributed by atoms with van der Waals surface area (Å²) in [5.41, 5.74) is 0. The van der Waals surface area contributed by atoms with E-state index in [-0.39, 0.29) is 6.04 Å². The molecule has 2 aliphatic rings. The van der Waals surface area contributed by atoms with Crippen molar-refractivity contribution >= 4 is 10.2 Å². The van der Waals surface area contributed by atoms with Crippen LogP contribution in [-0.2, 0) is 10.2 Å². The smallest absolute Gasteiger partial charge is 0.281 e. The Balaban J connectivity index is 2.01. The molecule has 0 bridgehead atoms. The molecule has 2 unspecified atom stereocenters. The lowest BCUT2D eigenvalue weighted by Gasteiger charge is -2.40. The number of hydrogen-bond donors (Lipinski definition) is 1. The second-order valence-electron chi connectivity index (χ2n) is 7.08. The Morgan fingerprint density at radius 3 is 2.05 bits per heavy atom. The third kappa shape index (κ3) is 3.97. The quantitative estimate of drug-likeness (QED) is 0.858. The van der Waals surface area contributed by atoms with Gasteiger partial charge in [0.15, 0.2) is 0 Å². The molecule has 1 heterocycles. The van der Waals surface area contributed by atoms with Crippen molar-refractivity contribution in [3.8, 4) is 0 Å². The van der Waals surface area contributed by atoms with Crippen molar-refractivity contribution in [2.75, 3.05) is 27.2 Å². The summed E-state index contributed by atoms with van der Waals surface area (Å²) >= 11 is 0. The fourth-order valence-electron chi connectivity index (χ4n) is 3.89. The molecule has 5 nitrogen and oxygen atoms in total. The minimum Gasteiger partial charge on any atom is -0.317 e. The summed E-state index contributed by atoms with van der Waals surface area (Å²) in [5, 5.41) is 3.30. The van der Waals surface area contributed by atoms with Gasteiger partial charge < -0.3 is 5.32 Å². The van der Waals surface area contributed by atoms with E-state index in [1.807, 2.05) is 7.05 Å². The minimum atomic E-state index is -3.31. The normalized spacial score (nSPS) is 36.0. The van der Waals surface area contributed by atoms with Crippen LogP contribution in [0.15, 0.2) is 0 Å². The van der Waals surface area contributed by atoms with Gasteiger partial charge in [0.2, 0.25) is 0 Å². The van der Waals surface area contributed by atoms with Crippen molar-refractivity contribution < 1.29 is 8.42 Å². The van der Waals surface area contributed by atoms with Gasteiger partial charge in [0.25, 0.3) is 10.2 Å². The van der Waals surface area contributed by atoms with Crippen molar-refractivity contribution in [2.45, 2.75) is 58.0 Å². The highest BCUT2D eigenvalue weighted by molar-refractivity contribution is 7.86. The molecule has 0 aromatic carbocycles. The first kappa shape index (κ1) is 17.2. The average Bonchev–Trinajstić information content (AvgIpc) is 2.45. The molecule has 6 heteroatoms. The van der Waals surface area contributed by atoms with Crippen LogP contribution < -0.4 is 5.32 Å². The van der Waals surface area contributed by atoms with Gasteiger partial charge >= 0.3 is 0 Å². The summed E-state index contributed by atoms with van der Waals surface area (Å²) < 4.78 is 29.1. The molecule has 0 spiro atoms. The van der Waals surface area contributed by atoms with Gasteiger partial charge in [0.1, 0.15) is 0 Å². The van der Waals surface area contributed by atoms with E-state index in [1.54, 1.807) is 15.7 Å². The highest BCUT2D eigenvalue weighted by atomic mass is 32.2. The second kappa shape index (κ2) is 6.94. The largest absolute Gasteiger partial charge is 0.317 e. The van der Waals surface area contributed by atoms with Crippen LogP contribution in [0.1, 0.15) is 46.0 Å². The number of nitrogens with zero attached hydrogens (tertiary/aromatic N) is 2. The Morgan fingerprint density at radius 1 is 1.05 bits per heavy atom. The fourth-order valence-corrected chi connectivity index (χ4v) is 5.73. The van der Waals surface area contributed by atoms with E-state index in [0.717, 1.165) is 32.1 Å². The zero-order chi connectivity index (χ0) is 15.6. The Kier molecular flexibility index (Phi) is 5.68. The maximum Gasteiger partial charge on any atom is 0.281 e. The summed E-state index contributed by atoms with van der Waals surface area (Å²) in [5.74, 6) is 0.911. The van der Waals surface area contributed by atoms with Crippen LogP contribution in [0.25, 0.3) is 0 Å². The molecular formula is C15H31N3O2S. The predicted octanol–water partition coefficient (Wildman–Crippen LogP) is 1.67. The van der Waals surface area contributed by atoms with Crippen molar-refractivity contribution in [1.29, 1.82) is 0 Å². The number of piperidine rings is 1. The van der Waals surface area contributed by atoms with Gasteiger partial charge in [-0.2, -0.15) is 17.0 Å². The fraction of sp³-hybridized carbons (Fsp3) is 1.00. The molecule has 1 saturated carbocycles. The van der Waals surface area contributed by atoms with Crippen LogP contribution in [0.3, 0.4) is 0 Å². The molecule has 2 rings (SSSR count).